The van der Waals surface area contributed by atoms with Crippen molar-refractivity contribution in [3.8, 4) is 0 Å². The highest BCUT2D eigenvalue weighted by molar-refractivity contribution is 9.10. The average Bonchev–Trinajstić information content (AvgIpc) is 2.34. The van der Waals surface area contributed by atoms with E-state index in [0.717, 1.165) is 44.0 Å². The second-order valence-electron chi connectivity index (χ2n) is 3.90. The molecule has 0 amide bonds. The minimum absolute atomic E-state index is 0.0774. The lowest BCUT2D eigenvalue weighted by molar-refractivity contribution is 0.305. The van der Waals surface area contributed by atoms with Gasteiger partial charge in [-0.1, -0.05) is 20.8 Å². The second-order valence-corrected chi connectivity index (χ2v) is 4.70. The predicted molar refractivity (Wildman–Crippen MR) is 73.4 cm³/mol. The van der Waals surface area contributed by atoms with Gasteiger partial charge in [-0.3, -0.25) is 4.79 Å². The van der Waals surface area contributed by atoms with Crippen molar-refractivity contribution in [1.82, 2.24) is 14.9 Å². The van der Waals surface area contributed by atoms with Crippen molar-refractivity contribution in [2.75, 3.05) is 19.6 Å². The second kappa shape index (κ2) is 6.91. The third-order valence-electron chi connectivity index (χ3n) is 2.87. The van der Waals surface area contributed by atoms with Crippen LogP contribution >= 0.6 is 15.9 Å². The largest absolute Gasteiger partial charge is 0.310 e. The van der Waals surface area contributed by atoms with Gasteiger partial charge in [-0.2, -0.15) is 0 Å². The predicted octanol–water partition coefficient (Wildman–Crippen LogP) is 1.98. The summed E-state index contributed by atoms with van der Waals surface area (Å²) in [6.45, 7) is 9.26. The van der Waals surface area contributed by atoms with Crippen molar-refractivity contribution in [2.45, 2.75) is 33.6 Å². The molecule has 0 saturated heterocycles. The molecule has 1 rings (SSSR count). The molecule has 1 aromatic heterocycles. The molecule has 5 heteroatoms. The van der Waals surface area contributed by atoms with Crippen LogP contribution in [0.2, 0.25) is 0 Å². The number of hydrogen-bond donors (Lipinski definition) is 1. The van der Waals surface area contributed by atoms with E-state index >= 15 is 0 Å². The monoisotopic (exact) mass is 301 g/mol. The van der Waals surface area contributed by atoms with Crippen molar-refractivity contribution in [3.63, 3.8) is 0 Å². The molecule has 0 aromatic carbocycles. The van der Waals surface area contributed by atoms with Gasteiger partial charge in [0.15, 0.2) is 0 Å². The summed E-state index contributed by atoms with van der Waals surface area (Å²) in [5, 5.41) is 0. The van der Waals surface area contributed by atoms with Crippen LogP contribution in [0.25, 0.3) is 0 Å². The summed E-state index contributed by atoms with van der Waals surface area (Å²) in [7, 11) is 0. The third-order valence-corrected chi connectivity index (χ3v) is 3.69. The Kier molecular flexibility index (Phi) is 5.85. The van der Waals surface area contributed by atoms with E-state index in [1.165, 1.54) is 0 Å². The van der Waals surface area contributed by atoms with Crippen LogP contribution in [0.4, 0.5) is 0 Å². The molecule has 0 saturated carbocycles. The number of likely N-dealkylation sites (N-methyl/N-ethyl adjacent to an activating group) is 1. The van der Waals surface area contributed by atoms with Gasteiger partial charge in [0.1, 0.15) is 10.3 Å². The molecule has 1 heterocycles. The van der Waals surface area contributed by atoms with Gasteiger partial charge in [0.05, 0.1) is 5.69 Å². The number of aromatic amines is 1. The smallest absolute Gasteiger partial charge is 0.265 e. The zero-order valence-electron chi connectivity index (χ0n) is 10.7. The van der Waals surface area contributed by atoms with Gasteiger partial charge in [0.2, 0.25) is 0 Å². The highest BCUT2D eigenvalue weighted by Crippen LogP contribution is 2.09. The first-order valence-corrected chi connectivity index (χ1v) is 6.91. The minimum Gasteiger partial charge on any atom is -0.310 e. The molecule has 0 atom stereocenters. The van der Waals surface area contributed by atoms with Crippen molar-refractivity contribution < 1.29 is 0 Å². The van der Waals surface area contributed by atoms with Crippen LogP contribution in [0.3, 0.4) is 0 Å². The zero-order valence-corrected chi connectivity index (χ0v) is 12.3. The van der Waals surface area contributed by atoms with Crippen LogP contribution in [0.5, 0.6) is 0 Å². The zero-order chi connectivity index (χ0) is 12.8. The molecule has 0 unspecified atom stereocenters. The number of nitrogens with one attached hydrogen (secondary N) is 1. The van der Waals surface area contributed by atoms with E-state index < -0.39 is 0 Å². The van der Waals surface area contributed by atoms with E-state index in [0.29, 0.717) is 4.47 Å². The molecule has 0 aliphatic carbocycles. The fourth-order valence-electron chi connectivity index (χ4n) is 1.71. The number of H-pyrrole nitrogens is 1. The minimum atomic E-state index is -0.0774. The lowest BCUT2D eigenvalue weighted by Gasteiger charge is -2.17. The molecule has 1 N–H and O–H groups in total. The highest BCUT2D eigenvalue weighted by atomic mass is 79.9. The highest BCUT2D eigenvalue weighted by Gasteiger charge is 2.08. The molecule has 0 fully saturated rings. The van der Waals surface area contributed by atoms with Crippen LogP contribution in [-0.4, -0.2) is 34.5 Å². The third kappa shape index (κ3) is 3.92. The van der Waals surface area contributed by atoms with Crippen LogP contribution in [0.1, 0.15) is 32.3 Å². The van der Waals surface area contributed by atoms with Gasteiger partial charge in [0.25, 0.3) is 5.56 Å². The van der Waals surface area contributed by atoms with Crippen molar-refractivity contribution in [1.29, 1.82) is 0 Å². The maximum atomic E-state index is 11.6. The van der Waals surface area contributed by atoms with Gasteiger partial charge in [0, 0.05) is 13.0 Å². The quantitative estimate of drug-likeness (QED) is 0.874. The summed E-state index contributed by atoms with van der Waals surface area (Å²) >= 11 is 3.27. The summed E-state index contributed by atoms with van der Waals surface area (Å²) in [6, 6.07) is 0. The van der Waals surface area contributed by atoms with E-state index in [-0.39, 0.29) is 5.56 Å². The van der Waals surface area contributed by atoms with E-state index in [1.54, 1.807) is 0 Å². The number of hydrogen-bond acceptors (Lipinski definition) is 3. The molecule has 17 heavy (non-hydrogen) atoms. The molecule has 0 aliphatic heterocycles. The summed E-state index contributed by atoms with van der Waals surface area (Å²) < 4.78 is 0.562. The Balaban J connectivity index is 2.78. The Morgan fingerprint density at radius 3 is 2.47 bits per heavy atom. The maximum Gasteiger partial charge on any atom is 0.265 e. The summed E-state index contributed by atoms with van der Waals surface area (Å²) in [6.07, 6.45) is 1.56. The number of nitrogens with zero attached hydrogens (tertiary/aromatic N) is 2. The number of aromatic nitrogens is 2. The van der Waals surface area contributed by atoms with Crippen LogP contribution < -0.4 is 5.56 Å². The van der Waals surface area contributed by atoms with E-state index in [2.05, 4.69) is 44.6 Å². The summed E-state index contributed by atoms with van der Waals surface area (Å²) in [5.74, 6) is 0.780. The molecular weight excluding hydrogens is 282 g/mol. The molecule has 96 valence electrons. The lowest BCUT2D eigenvalue weighted by atomic mass is 10.3. The summed E-state index contributed by atoms with van der Waals surface area (Å²) in [5.41, 5.74) is 0.759. The van der Waals surface area contributed by atoms with Gasteiger partial charge >= 0.3 is 0 Å². The maximum absolute atomic E-state index is 11.6. The summed E-state index contributed by atoms with van der Waals surface area (Å²) in [4.78, 5) is 21.2. The Morgan fingerprint density at radius 1 is 1.29 bits per heavy atom. The number of rotatable bonds is 6. The molecular formula is C12H20BrN3O. The first-order chi connectivity index (χ1) is 8.12. The van der Waals surface area contributed by atoms with Gasteiger partial charge in [-0.05, 0) is 35.4 Å². The normalized spacial score (nSPS) is 11.1. The van der Waals surface area contributed by atoms with E-state index in [9.17, 15) is 4.79 Å². The van der Waals surface area contributed by atoms with Crippen molar-refractivity contribution in [2.24, 2.45) is 0 Å². The van der Waals surface area contributed by atoms with Crippen LogP contribution in [-0.2, 0) is 12.8 Å². The molecule has 1 aromatic rings. The van der Waals surface area contributed by atoms with E-state index in [1.807, 2.05) is 6.92 Å². The van der Waals surface area contributed by atoms with Crippen molar-refractivity contribution in [3.05, 3.63) is 26.3 Å². The number of aryl methyl sites for hydroxylation is 1. The molecule has 0 bridgehead atoms. The van der Waals surface area contributed by atoms with Crippen LogP contribution in [0, 0.1) is 0 Å². The van der Waals surface area contributed by atoms with Crippen molar-refractivity contribution >= 4 is 15.9 Å². The average molecular weight is 302 g/mol. The Morgan fingerprint density at radius 2 is 1.94 bits per heavy atom. The lowest BCUT2D eigenvalue weighted by Crippen LogP contribution is -2.27. The van der Waals surface area contributed by atoms with Crippen LogP contribution in [0.15, 0.2) is 9.27 Å². The van der Waals surface area contributed by atoms with Gasteiger partial charge in [-0.15, -0.1) is 0 Å². The molecule has 4 nitrogen and oxygen atoms in total. The van der Waals surface area contributed by atoms with Gasteiger partial charge < -0.3 is 9.88 Å². The van der Waals surface area contributed by atoms with E-state index in [4.69, 9.17) is 0 Å². The molecule has 0 spiro atoms. The Bertz CT molecular complexity index is 413. The first kappa shape index (κ1) is 14.4. The van der Waals surface area contributed by atoms with Gasteiger partial charge in [-0.25, -0.2) is 4.98 Å². The molecule has 0 aliphatic rings. The Hall–Kier alpha value is -0.680. The fraction of sp³-hybridized carbons (Fsp3) is 0.667. The number of halogens is 1. The SMILES string of the molecule is CCc1nc(CCN(CC)CC)[nH]c(=O)c1Br. The molecule has 0 radical (unpaired) electrons. The fourth-order valence-corrected chi connectivity index (χ4v) is 2.18. The Labute approximate surface area is 111 Å². The topological polar surface area (TPSA) is 49.0 Å². The first-order valence-electron chi connectivity index (χ1n) is 6.12. The standard InChI is InChI=1S/C12H20BrN3O/c1-4-9-11(13)12(17)15-10(14-9)7-8-16(5-2)6-3/h4-8H2,1-3H3,(H,14,15,17).